The highest BCUT2D eigenvalue weighted by Gasteiger charge is 2.32. The van der Waals surface area contributed by atoms with Crippen molar-refractivity contribution in [3.63, 3.8) is 0 Å². The monoisotopic (exact) mass is 239 g/mol. The third-order valence-corrected chi connectivity index (χ3v) is 4.93. The van der Waals surface area contributed by atoms with E-state index in [0.29, 0.717) is 6.04 Å². The first kappa shape index (κ1) is 13.3. The first-order chi connectivity index (χ1) is 8.20. The number of hydrogen-bond acceptors (Lipinski definition) is 3. The fourth-order valence-corrected chi connectivity index (χ4v) is 3.75. The number of piperidine rings is 1. The Morgan fingerprint density at radius 1 is 1.00 bits per heavy atom. The van der Waals surface area contributed by atoms with Crippen LogP contribution in [0.5, 0.6) is 0 Å². The summed E-state index contributed by atoms with van der Waals surface area (Å²) in [6.45, 7) is 2.55. The van der Waals surface area contributed by atoms with Crippen LogP contribution in [0.3, 0.4) is 0 Å². The Balaban J connectivity index is 1.87. The highest BCUT2D eigenvalue weighted by Crippen LogP contribution is 2.32. The quantitative estimate of drug-likeness (QED) is 0.783. The standard InChI is InChI=1S/C14H29N3/c1-16-14(11-3-5-13(15)6-4-11)12-7-9-17(2)10-8-12/h11-14,16H,3-10,15H2,1-2H3. The highest BCUT2D eigenvalue weighted by atomic mass is 15.1. The van der Waals surface area contributed by atoms with Gasteiger partial charge in [0.2, 0.25) is 0 Å². The minimum Gasteiger partial charge on any atom is -0.328 e. The summed E-state index contributed by atoms with van der Waals surface area (Å²) in [5, 5.41) is 3.61. The van der Waals surface area contributed by atoms with Crippen molar-refractivity contribution in [3.05, 3.63) is 0 Å². The Bertz CT molecular complexity index is 194. The van der Waals surface area contributed by atoms with Gasteiger partial charge in [-0.05, 0) is 77.5 Å². The van der Waals surface area contributed by atoms with Crippen molar-refractivity contribution in [1.29, 1.82) is 0 Å². The lowest BCUT2D eigenvalue weighted by atomic mass is 9.75. The van der Waals surface area contributed by atoms with Crippen molar-refractivity contribution >= 4 is 0 Å². The lowest BCUT2D eigenvalue weighted by molar-refractivity contribution is 0.137. The number of nitrogens with zero attached hydrogens (tertiary/aromatic N) is 1. The third-order valence-electron chi connectivity index (χ3n) is 4.93. The van der Waals surface area contributed by atoms with Crippen molar-refractivity contribution in [2.24, 2.45) is 17.6 Å². The molecular formula is C14H29N3. The highest BCUT2D eigenvalue weighted by molar-refractivity contribution is 4.88. The van der Waals surface area contributed by atoms with E-state index in [2.05, 4.69) is 24.3 Å². The number of nitrogens with one attached hydrogen (secondary N) is 1. The van der Waals surface area contributed by atoms with Crippen LogP contribution in [0.15, 0.2) is 0 Å². The zero-order valence-electron chi connectivity index (χ0n) is 11.5. The second kappa shape index (κ2) is 6.17. The van der Waals surface area contributed by atoms with Gasteiger partial charge in [-0.25, -0.2) is 0 Å². The first-order valence-corrected chi connectivity index (χ1v) is 7.32. The smallest absolute Gasteiger partial charge is 0.0122 e. The summed E-state index contributed by atoms with van der Waals surface area (Å²) < 4.78 is 0. The van der Waals surface area contributed by atoms with Gasteiger partial charge in [-0.2, -0.15) is 0 Å². The van der Waals surface area contributed by atoms with Crippen LogP contribution in [0.25, 0.3) is 0 Å². The molecule has 1 saturated heterocycles. The normalized spacial score (nSPS) is 34.8. The van der Waals surface area contributed by atoms with Gasteiger partial charge < -0.3 is 16.0 Å². The average molecular weight is 239 g/mol. The summed E-state index contributed by atoms with van der Waals surface area (Å²) in [6, 6.07) is 1.21. The largest absolute Gasteiger partial charge is 0.328 e. The summed E-state index contributed by atoms with van der Waals surface area (Å²) >= 11 is 0. The summed E-state index contributed by atoms with van der Waals surface area (Å²) in [7, 11) is 4.39. The second-order valence-corrected chi connectivity index (χ2v) is 6.13. The van der Waals surface area contributed by atoms with Gasteiger partial charge in [0.15, 0.2) is 0 Å². The molecule has 0 amide bonds. The third kappa shape index (κ3) is 3.43. The van der Waals surface area contributed by atoms with Crippen molar-refractivity contribution in [2.45, 2.75) is 50.6 Å². The summed E-state index contributed by atoms with van der Waals surface area (Å²) in [6.07, 6.45) is 7.86. The van der Waals surface area contributed by atoms with Gasteiger partial charge in [-0.1, -0.05) is 0 Å². The molecule has 0 spiro atoms. The van der Waals surface area contributed by atoms with Crippen LogP contribution < -0.4 is 11.1 Å². The van der Waals surface area contributed by atoms with Crippen LogP contribution in [0.4, 0.5) is 0 Å². The zero-order valence-corrected chi connectivity index (χ0v) is 11.5. The lowest BCUT2D eigenvalue weighted by Crippen LogP contribution is -2.46. The number of rotatable bonds is 3. The van der Waals surface area contributed by atoms with E-state index in [1.54, 1.807) is 0 Å². The Kier molecular flexibility index (Phi) is 4.83. The topological polar surface area (TPSA) is 41.3 Å². The van der Waals surface area contributed by atoms with Gasteiger partial charge in [0.05, 0.1) is 0 Å². The van der Waals surface area contributed by atoms with E-state index in [9.17, 15) is 0 Å². The Labute approximate surface area is 106 Å². The molecule has 1 aliphatic heterocycles. The Morgan fingerprint density at radius 2 is 1.53 bits per heavy atom. The molecule has 0 aromatic heterocycles. The van der Waals surface area contributed by atoms with Gasteiger partial charge >= 0.3 is 0 Å². The molecule has 3 N–H and O–H groups in total. The number of likely N-dealkylation sites (tertiary alicyclic amines) is 1. The minimum absolute atomic E-state index is 0.473. The molecule has 1 heterocycles. The molecule has 1 saturated carbocycles. The van der Waals surface area contributed by atoms with Gasteiger partial charge in [-0.3, -0.25) is 0 Å². The van der Waals surface area contributed by atoms with Crippen molar-refractivity contribution in [1.82, 2.24) is 10.2 Å². The predicted octanol–water partition coefficient (Wildman–Crippen LogP) is 1.43. The zero-order chi connectivity index (χ0) is 12.3. The van der Waals surface area contributed by atoms with E-state index in [4.69, 9.17) is 5.73 Å². The van der Waals surface area contributed by atoms with Gasteiger partial charge in [0.1, 0.15) is 0 Å². The van der Waals surface area contributed by atoms with E-state index in [0.717, 1.165) is 17.9 Å². The molecule has 0 aromatic rings. The Morgan fingerprint density at radius 3 is 2.06 bits per heavy atom. The van der Waals surface area contributed by atoms with Crippen LogP contribution in [0.2, 0.25) is 0 Å². The first-order valence-electron chi connectivity index (χ1n) is 7.32. The Hall–Kier alpha value is -0.120. The van der Waals surface area contributed by atoms with Crippen LogP contribution in [-0.2, 0) is 0 Å². The molecule has 2 fully saturated rings. The molecule has 0 bridgehead atoms. The van der Waals surface area contributed by atoms with Gasteiger partial charge in [0.25, 0.3) is 0 Å². The SMILES string of the molecule is CNC(C1CCC(N)CC1)C1CCN(C)CC1. The van der Waals surface area contributed by atoms with Gasteiger partial charge in [0, 0.05) is 12.1 Å². The predicted molar refractivity (Wildman–Crippen MR) is 73.0 cm³/mol. The molecule has 0 radical (unpaired) electrons. The fourth-order valence-electron chi connectivity index (χ4n) is 3.75. The van der Waals surface area contributed by atoms with Crippen LogP contribution in [0.1, 0.15) is 38.5 Å². The molecule has 2 rings (SSSR count). The maximum Gasteiger partial charge on any atom is 0.0122 e. The fraction of sp³-hybridized carbons (Fsp3) is 1.00. The lowest BCUT2D eigenvalue weighted by Gasteiger charge is -2.40. The summed E-state index contributed by atoms with van der Waals surface area (Å²) in [5.74, 6) is 1.75. The molecule has 100 valence electrons. The minimum atomic E-state index is 0.473. The van der Waals surface area contributed by atoms with Crippen molar-refractivity contribution in [3.8, 4) is 0 Å². The number of nitrogens with two attached hydrogens (primary N) is 1. The molecule has 1 atom stereocenters. The van der Waals surface area contributed by atoms with Crippen molar-refractivity contribution < 1.29 is 0 Å². The summed E-state index contributed by atoms with van der Waals surface area (Å²) in [4.78, 5) is 2.46. The molecule has 17 heavy (non-hydrogen) atoms. The molecule has 1 aliphatic carbocycles. The van der Waals surface area contributed by atoms with E-state index in [-0.39, 0.29) is 0 Å². The van der Waals surface area contributed by atoms with Crippen LogP contribution >= 0.6 is 0 Å². The molecule has 0 aromatic carbocycles. The molecule has 3 heteroatoms. The van der Waals surface area contributed by atoms with Gasteiger partial charge in [-0.15, -0.1) is 0 Å². The van der Waals surface area contributed by atoms with Crippen LogP contribution in [-0.4, -0.2) is 44.2 Å². The molecule has 1 unspecified atom stereocenters. The van der Waals surface area contributed by atoms with Crippen LogP contribution in [0, 0.1) is 11.8 Å². The number of hydrogen-bond donors (Lipinski definition) is 2. The van der Waals surface area contributed by atoms with E-state index >= 15 is 0 Å². The van der Waals surface area contributed by atoms with Crippen molar-refractivity contribution in [2.75, 3.05) is 27.2 Å². The van der Waals surface area contributed by atoms with E-state index < -0.39 is 0 Å². The van der Waals surface area contributed by atoms with E-state index in [1.165, 1.54) is 51.6 Å². The average Bonchev–Trinajstić information content (AvgIpc) is 2.35. The van der Waals surface area contributed by atoms with E-state index in [1.807, 2.05) is 0 Å². The maximum atomic E-state index is 6.01. The second-order valence-electron chi connectivity index (χ2n) is 6.13. The molecule has 2 aliphatic rings. The molecule has 3 nitrogen and oxygen atoms in total. The summed E-state index contributed by atoms with van der Waals surface area (Å²) in [5.41, 5.74) is 6.01. The maximum absolute atomic E-state index is 6.01. The molecular weight excluding hydrogens is 210 g/mol.